The Hall–Kier alpha value is -0.370. The summed E-state index contributed by atoms with van der Waals surface area (Å²) in [6, 6.07) is 0.687. The molecule has 0 unspecified atom stereocenters. The van der Waals surface area contributed by atoms with Crippen molar-refractivity contribution in [2.24, 2.45) is 5.92 Å². The number of nitrogens with zero attached hydrogens (tertiary/aromatic N) is 1. The third-order valence-electron chi connectivity index (χ3n) is 3.72. The molecule has 0 radical (unpaired) electrons. The normalized spacial score (nSPS) is 24.6. The summed E-state index contributed by atoms with van der Waals surface area (Å²) in [6.45, 7) is 1.24. The molecule has 2 heteroatoms. The average molecular weight is 195 g/mol. The lowest BCUT2D eigenvalue weighted by atomic mass is 9.93. The fraction of sp³-hybridized carbons (Fsp3) is 0.917. The zero-order chi connectivity index (χ0) is 9.97. The van der Waals surface area contributed by atoms with Gasteiger partial charge in [0.1, 0.15) is 5.78 Å². The van der Waals surface area contributed by atoms with E-state index in [9.17, 15) is 4.79 Å². The second-order valence-electron chi connectivity index (χ2n) is 4.98. The molecule has 14 heavy (non-hydrogen) atoms. The Labute approximate surface area is 86.7 Å². The van der Waals surface area contributed by atoms with Crippen molar-refractivity contribution in [3.8, 4) is 0 Å². The number of Topliss-reactive ketones (excluding diaryl/α,β-unsaturated/α-hetero) is 1. The van der Waals surface area contributed by atoms with Crippen LogP contribution in [0.15, 0.2) is 0 Å². The number of hydrogen-bond donors (Lipinski definition) is 0. The highest BCUT2D eigenvalue weighted by atomic mass is 16.1. The summed E-state index contributed by atoms with van der Waals surface area (Å²) < 4.78 is 0. The Morgan fingerprint density at radius 3 is 2.43 bits per heavy atom. The minimum absolute atomic E-state index is 0.469. The van der Waals surface area contributed by atoms with Crippen molar-refractivity contribution in [1.82, 2.24) is 4.90 Å². The minimum atomic E-state index is 0.469. The highest BCUT2D eigenvalue weighted by molar-refractivity contribution is 5.79. The van der Waals surface area contributed by atoms with Gasteiger partial charge >= 0.3 is 0 Å². The second kappa shape index (κ2) is 4.43. The largest absolute Gasteiger partial charge is 0.303 e. The Morgan fingerprint density at radius 1 is 1.21 bits per heavy atom. The highest BCUT2D eigenvalue weighted by Crippen LogP contribution is 2.32. The Kier molecular flexibility index (Phi) is 3.22. The molecule has 2 rings (SSSR count). The first-order valence-electron chi connectivity index (χ1n) is 5.97. The first-order chi connectivity index (χ1) is 6.75. The molecule has 0 heterocycles. The lowest BCUT2D eigenvalue weighted by molar-refractivity contribution is -0.121. The van der Waals surface area contributed by atoms with Crippen LogP contribution in [-0.4, -0.2) is 30.3 Å². The predicted molar refractivity (Wildman–Crippen MR) is 57.2 cm³/mol. The van der Waals surface area contributed by atoms with Gasteiger partial charge in [-0.15, -0.1) is 0 Å². The molecule has 0 aromatic heterocycles. The molecular formula is C12H21NO. The molecule has 80 valence electrons. The van der Waals surface area contributed by atoms with Crippen LogP contribution in [0.5, 0.6) is 0 Å². The maximum atomic E-state index is 11.1. The molecule has 0 spiro atoms. The van der Waals surface area contributed by atoms with E-state index < -0.39 is 0 Å². The van der Waals surface area contributed by atoms with Gasteiger partial charge in [0, 0.05) is 18.9 Å². The lowest BCUT2D eigenvalue weighted by Gasteiger charge is -2.30. The van der Waals surface area contributed by atoms with Crippen LogP contribution in [0, 0.1) is 5.92 Å². The van der Waals surface area contributed by atoms with Gasteiger partial charge in [0.05, 0.1) is 0 Å². The van der Waals surface area contributed by atoms with Gasteiger partial charge in [0.25, 0.3) is 0 Å². The van der Waals surface area contributed by atoms with Crippen LogP contribution >= 0.6 is 0 Å². The molecule has 2 saturated carbocycles. The van der Waals surface area contributed by atoms with Crippen molar-refractivity contribution in [2.75, 3.05) is 13.6 Å². The van der Waals surface area contributed by atoms with Crippen molar-refractivity contribution in [2.45, 2.75) is 51.0 Å². The minimum Gasteiger partial charge on any atom is -0.303 e. The number of carbonyl (C=O) groups excluding carboxylic acids is 1. The Balaban J connectivity index is 1.67. The van der Waals surface area contributed by atoms with Crippen molar-refractivity contribution >= 4 is 5.78 Å². The fourth-order valence-electron chi connectivity index (χ4n) is 2.34. The molecule has 0 amide bonds. The van der Waals surface area contributed by atoms with Crippen LogP contribution in [0.25, 0.3) is 0 Å². The molecule has 0 atom stereocenters. The maximum Gasteiger partial charge on any atom is 0.133 e. The lowest BCUT2D eigenvalue weighted by Crippen LogP contribution is -2.36. The van der Waals surface area contributed by atoms with Gasteiger partial charge in [-0.25, -0.2) is 0 Å². The molecule has 2 aliphatic carbocycles. The van der Waals surface area contributed by atoms with E-state index in [1.54, 1.807) is 0 Å². The van der Waals surface area contributed by atoms with Gasteiger partial charge < -0.3 is 4.90 Å². The van der Waals surface area contributed by atoms with Gasteiger partial charge in [-0.1, -0.05) is 12.8 Å². The van der Waals surface area contributed by atoms with Crippen LogP contribution in [0.2, 0.25) is 0 Å². The predicted octanol–water partition coefficient (Wildman–Crippen LogP) is 2.23. The monoisotopic (exact) mass is 195 g/mol. The molecule has 0 bridgehead atoms. The average Bonchev–Trinajstić information content (AvgIpc) is 2.99. The van der Waals surface area contributed by atoms with E-state index >= 15 is 0 Å². The standard InChI is InChI=1S/C12H21NO/c1-13(9-8-10-2-3-10)11-4-6-12(14)7-5-11/h10-11H,2-9H2,1H3. The summed E-state index contributed by atoms with van der Waals surface area (Å²) in [5, 5.41) is 0. The van der Waals surface area contributed by atoms with Crippen molar-refractivity contribution in [3.05, 3.63) is 0 Å². The zero-order valence-electron chi connectivity index (χ0n) is 9.17. The Bertz CT molecular complexity index is 200. The van der Waals surface area contributed by atoms with Crippen LogP contribution in [-0.2, 0) is 4.79 Å². The molecule has 0 N–H and O–H groups in total. The summed E-state index contributed by atoms with van der Waals surface area (Å²) >= 11 is 0. The topological polar surface area (TPSA) is 20.3 Å². The smallest absolute Gasteiger partial charge is 0.133 e. The summed E-state index contributed by atoms with van der Waals surface area (Å²) in [5.74, 6) is 1.50. The quantitative estimate of drug-likeness (QED) is 0.685. The van der Waals surface area contributed by atoms with Crippen molar-refractivity contribution < 1.29 is 4.79 Å². The summed E-state index contributed by atoms with van der Waals surface area (Å²) in [4.78, 5) is 13.6. The SMILES string of the molecule is CN(CCC1CC1)C1CCC(=O)CC1. The Morgan fingerprint density at radius 2 is 1.86 bits per heavy atom. The molecular weight excluding hydrogens is 174 g/mol. The second-order valence-corrected chi connectivity index (χ2v) is 4.98. The number of carbonyl (C=O) groups is 1. The van der Waals surface area contributed by atoms with Gasteiger partial charge in [-0.3, -0.25) is 4.79 Å². The third kappa shape index (κ3) is 2.81. The first kappa shape index (κ1) is 10.2. The van der Waals surface area contributed by atoms with E-state index in [4.69, 9.17) is 0 Å². The maximum absolute atomic E-state index is 11.1. The van der Waals surface area contributed by atoms with Crippen LogP contribution in [0.4, 0.5) is 0 Å². The van der Waals surface area contributed by atoms with E-state index in [1.165, 1.54) is 25.8 Å². The molecule has 2 aliphatic rings. The van der Waals surface area contributed by atoms with E-state index in [0.717, 1.165) is 31.6 Å². The number of hydrogen-bond acceptors (Lipinski definition) is 2. The fourth-order valence-corrected chi connectivity index (χ4v) is 2.34. The van der Waals surface area contributed by atoms with Gasteiger partial charge in [0.2, 0.25) is 0 Å². The molecule has 0 aliphatic heterocycles. The van der Waals surface area contributed by atoms with Crippen LogP contribution in [0.3, 0.4) is 0 Å². The van der Waals surface area contributed by atoms with E-state index in [-0.39, 0.29) is 0 Å². The van der Waals surface area contributed by atoms with Crippen LogP contribution in [0.1, 0.15) is 44.9 Å². The summed E-state index contributed by atoms with van der Waals surface area (Å²) in [6.07, 6.45) is 8.12. The van der Waals surface area contributed by atoms with Gasteiger partial charge in [0.15, 0.2) is 0 Å². The highest BCUT2D eigenvalue weighted by Gasteiger charge is 2.25. The first-order valence-corrected chi connectivity index (χ1v) is 5.97. The third-order valence-corrected chi connectivity index (χ3v) is 3.72. The summed E-state index contributed by atoms with van der Waals surface area (Å²) in [5.41, 5.74) is 0. The molecule has 2 fully saturated rings. The van der Waals surface area contributed by atoms with Crippen molar-refractivity contribution in [3.63, 3.8) is 0 Å². The van der Waals surface area contributed by atoms with E-state index in [1.807, 2.05) is 0 Å². The number of rotatable bonds is 4. The molecule has 0 aromatic carbocycles. The van der Waals surface area contributed by atoms with E-state index in [0.29, 0.717) is 11.8 Å². The van der Waals surface area contributed by atoms with E-state index in [2.05, 4.69) is 11.9 Å². The molecule has 2 nitrogen and oxygen atoms in total. The molecule has 0 saturated heterocycles. The zero-order valence-corrected chi connectivity index (χ0v) is 9.17. The molecule has 0 aromatic rings. The van der Waals surface area contributed by atoms with Gasteiger partial charge in [-0.05, 0) is 38.8 Å². The number of ketones is 1. The van der Waals surface area contributed by atoms with Crippen LogP contribution < -0.4 is 0 Å². The summed E-state index contributed by atoms with van der Waals surface area (Å²) in [7, 11) is 2.23. The van der Waals surface area contributed by atoms with Gasteiger partial charge in [-0.2, -0.15) is 0 Å². The van der Waals surface area contributed by atoms with Crippen molar-refractivity contribution in [1.29, 1.82) is 0 Å².